The van der Waals surface area contributed by atoms with Crippen molar-refractivity contribution < 1.29 is 8.78 Å². The highest BCUT2D eigenvalue weighted by atomic mass is 79.9. The number of hydrogen-bond donors (Lipinski definition) is 0. The van der Waals surface area contributed by atoms with Crippen LogP contribution in [0.5, 0.6) is 0 Å². The molecule has 0 spiro atoms. The van der Waals surface area contributed by atoms with Gasteiger partial charge in [-0.3, -0.25) is 0 Å². The lowest BCUT2D eigenvalue weighted by molar-refractivity contribution is 0.417. The first-order valence-electron chi connectivity index (χ1n) is 5.44. The Hall–Kier alpha value is -0.440. The summed E-state index contributed by atoms with van der Waals surface area (Å²) < 4.78 is 23.5. The van der Waals surface area contributed by atoms with E-state index in [9.17, 15) is 8.78 Å². The van der Waals surface area contributed by atoms with Gasteiger partial charge in [0.1, 0.15) is 0 Å². The first-order chi connectivity index (χ1) is 7.56. The fourth-order valence-corrected chi connectivity index (χ4v) is 1.84. The highest BCUT2D eigenvalue weighted by molar-refractivity contribution is 9.09. The molecular formula is C13H19BrF2. The molecule has 0 saturated heterocycles. The van der Waals surface area contributed by atoms with Crippen LogP contribution in [0.2, 0.25) is 0 Å². The van der Waals surface area contributed by atoms with E-state index in [-0.39, 0.29) is 0 Å². The average molecular weight is 293 g/mol. The molecule has 0 aromatic carbocycles. The van der Waals surface area contributed by atoms with Gasteiger partial charge in [0, 0.05) is 5.33 Å². The zero-order valence-electron chi connectivity index (χ0n) is 9.90. The predicted molar refractivity (Wildman–Crippen MR) is 70.1 cm³/mol. The molecule has 0 nitrogen and oxygen atoms in total. The predicted octanol–water partition coefficient (Wildman–Crippen LogP) is 5.61. The van der Waals surface area contributed by atoms with E-state index < -0.39 is 6.08 Å². The molecule has 0 amide bonds. The van der Waals surface area contributed by atoms with E-state index in [1.807, 2.05) is 6.92 Å². The second-order valence-corrected chi connectivity index (χ2v) is 4.47. The maximum absolute atomic E-state index is 11.8. The second kappa shape index (κ2) is 9.76. The normalized spacial score (nSPS) is 12.8. The van der Waals surface area contributed by atoms with Crippen LogP contribution < -0.4 is 0 Å². The van der Waals surface area contributed by atoms with Gasteiger partial charge in [0.05, 0.1) is 0 Å². The molecule has 0 aliphatic rings. The van der Waals surface area contributed by atoms with Crippen molar-refractivity contribution in [2.24, 2.45) is 0 Å². The maximum atomic E-state index is 11.8. The first-order valence-corrected chi connectivity index (χ1v) is 6.56. The summed E-state index contributed by atoms with van der Waals surface area (Å²) in [4.78, 5) is 0. The summed E-state index contributed by atoms with van der Waals surface area (Å²) in [5.41, 5.74) is 2.54. The molecule has 0 atom stereocenters. The van der Waals surface area contributed by atoms with Gasteiger partial charge in [-0.15, -0.1) is 0 Å². The number of hydrogen-bond acceptors (Lipinski definition) is 0. The van der Waals surface area contributed by atoms with Gasteiger partial charge in [0.15, 0.2) is 0 Å². The molecule has 16 heavy (non-hydrogen) atoms. The lowest BCUT2D eigenvalue weighted by Gasteiger charge is -2.00. The van der Waals surface area contributed by atoms with Crippen LogP contribution in [-0.2, 0) is 0 Å². The van der Waals surface area contributed by atoms with Gasteiger partial charge < -0.3 is 0 Å². The molecule has 0 fully saturated rings. The molecule has 0 saturated carbocycles. The topological polar surface area (TPSA) is 0 Å². The number of rotatable bonds is 7. The molecule has 0 rings (SSSR count). The lowest BCUT2D eigenvalue weighted by Crippen LogP contribution is -1.80. The summed E-state index contributed by atoms with van der Waals surface area (Å²) in [6.07, 6.45) is 6.86. The molecule has 0 radical (unpaired) electrons. The molecule has 0 N–H and O–H groups in total. The summed E-state index contributed by atoms with van der Waals surface area (Å²) >= 11 is 3.35. The number of alkyl halides is 1. The van der Waals surface area contributed by atoms with Crippen molar-refractivity contribution in [2.45, 2.75) is 39.5 Å². The zero-order chi connectivity index (χ0) is 12.4. The SMILES string of the molecule is CC(=CCBr)CCC=C(C)CCC=C(F)F. The molecule has 0 heterocycles. The summed E-state index contributed by atoms with van der Waals surface area (Å²) in [7, 11) is 0. The average Bonchev–Trinajstić information content (AvgIpc) is 2.17. The largest absolute Gasteiger partial charge is 0.266 e. The molecule has 0 bridgehead atoms. The van der Waals surface area contributed by atoms with Crippen LogP contribution in [0.15, 0.2) is 35.5 Å². The fourth-order valence-electron chi connectivity index (χ4n) is 1.29. The summed E-state index contributed by atoms with van der Waals surface area (Å²) in [6, 6.07) is 0. The first kappa shape index (κ1) is 15.6. The smallest absolute Gasteiger partial charge is 0.174 e. The Labute approximate surface area is 105 Å². The van der Waals surface area contributed by atoms with E-state index >= 15 is 0 Å². The molecule has 0 unspecified atom stereocenters. The van der Waals surface area contributed by atoms with Crippen LogP contribution in [0.1, 0.15) is 39.5 Å². The molecule has 92 valence electrons. The third-order valence-electron chi connectivity index (χ3n) is 2.29. The Bertz CT molecular complexity index is 274. The van der Waals surface area contributed by atoms with Crippen molar-refractivity contribution >= 4 is 15.9 Å². The summed E-state index contributed by atoms with van der Waals surface area (Å²) in [5, 5.41) is 0.891. The van der Waals surface area contributed by atoms with Gasteiger partial charge in [-0.1, -0.05) is 39.2 Å². The number of halogens is 3. The minimum atomic E-state index is -1.58. The van der Waals surface area contributed by atoms with Crippen molar-refractivity contribution in [1.29, 1.82) is 0 Å². The monoisotopic (exact) mass is 292 g/mol. The van der Waals surface area contributed by atoms with Crippen LogP contribution in [0.4, 0.5) is 8.78 Å². The molecule has 0 aromatic heterocycles. The number of allylic oxidation sites excluding steroid dienone is 5. The van der Waals surface area contributed by atoms with E-state index in [0.717, 1.165) is 30.7 Å². The van der Waals surface area contributed by atoms with Crippen molar-refractivity contribution in [3.63, 3.8) is 0 Å². The van der Waals surface area contributed by atoms with Gasteiger partial charge in [0.2, 0.25) is 0 Å². The van der Waals surface area contributed by atoms with Gasteiger partial charge in [-0.25, -0.2) is 0 Å². The third kappa shape index (κ3) is 10.1. The van der Waals surface area contributed by atoms with Gasteiger partial charge in [0.25, 0.3) is 6.08 Å². The molecule has 0 aromatic rings. The Morgan fingerprint density at radius 2 is 1.44 bits per heavy atom. The Kier molecular flexibility index (Phi) is 9.49. The lowest BCUT2D eigenvalue weighted by atomic mass is 10.1. The van der Waals surface area contributed by atoms with Gasteiger partial charge in [-0.2, -0.15) is 8.78 Å². The Balaban J connectivity index is 3.79. The van der Waals surface area contributed by atoms with E-state index in [4.69, 9.17) is 0 Å². The summed E-state index contributed by atoms with van der Waals surface area (Å²) in [6.45, 7) is 4.10. The van der Waals surface area contributed by atoms with Gasteiger partial charge in [-0.05, 0) is 45.6 Å². The highest BCUT2D eigenvalue weighted by Crippen LogP contribution is 2.12. The molecule has 3 heteroatoms. The minimum Gasteiger partial charge on any atom is -0.174 e. The summed E-state index contributed by atoms with van der Waals surface area (Å²) in [5.74, 6) is 0. The van der Waals surface area contributed by atoms with E-state index in [0.29, 0.717) is 6.42 Å². The molecule has 0 aliphatic carbocycles. The van der Waals surface area contributed by atoms with Crippen molar-refractivity contribution in [2.75, 3.05) is 5.33 Å². The van der Waals surface area contributed by atoms with Crippen molar-refractivity contribution in [3.8, 4) is 0 Å². The second-order valence-electron chi connectivity index (χ2n) is 3.83. The molecular weight excluding hydrogens is 274 g/mol. The van der Waals surface area contributed by atoms with Gasteiger partial charge >= 0.3 is 0 Å². The third-order valence-corrected chi connectivity index (χ3v) is 2.62. The van der Waals surface area contributed by atoms with Crippen LogP contribution in [-0.4, -0.2) is 5.33 Å². The maximum Gasteiger partial charge on any atom is 0.266 e. The van der Waals surface area contributed by atoms with Crippen molar-refractivity contribution in [3.05, 3.63) is 35.5 Å². The minimum absolute atomic E-state index is 0.431. The standard InChI is InChI=1S/C13H19BrF2/c1-11(7-4-8-13(15)16)5-3-6-12(2)9-10-14/h5,8-9H,3-4,6-7,10H2,1-2H3. The molecule has 0 aliphatic heterocycles. The Morgan fingerprint density at radius 3 is 1.94 bits per heavy atom. The van der Waals surface area contributed by atoms with Crippen LogP contribution in [0.25, 0.3) is 0 Å². The Morgan fingerprint density at radius 1 is 0.938 bits per heavy atom. The highest BCUT2D eigenvalue weighted by Gasteiger charge is 1.92. The van der Waals surface area contributed by atoms with Crippen LogP contribution in [0, 0.1) is 0 Å². The quantitative estimate of drug-likeness (QED) is 0.422. The zero-order valence-corrected chi connectivity index (χ0v) is 11.5. The van der Waals surface area contributed by atoms with Crippen molar-refractivity contribution in [1.82, 2.24) is 0 Å². The fraction of sp³-hybridized carbons (Fsp3) is 0.538. The van der Waals surface area contributed by atoms with Crippen LogP contribution >= 0.6 is 15.9 Å². The van der Waals surface area contributed by atoms with E-state index in [2.05, 4.69) is 35.0 Å². The van der Waals surface area contributed by atoms with E-state index in [1.165, 1.54) is 11.1 Å². The van der Waals surface area contributed by atoms with Crippen LogP contribution in [0.3, 0.4) is 0 Å². The van der Waals surface area contributed by atoms with E-state index in [1.54, 1.807) is 0 Å².